The predicted molar refractivity (Wildman–Crippen MR) is 169 cm³/mol. The van der Waals surface area contributed by atoms with Crippen LogP contribution < -0.4 is 0 Å². The molecule has 0 bridgehead atoms. The minimum Gasteiger partial charge on any atom is -0.481 e. The molecule has 5 unspecified atom stereocenters. The van der Waals surface area contributed by atoms with Gasteiger partial charge < -0.3 is 44.2 Å². The summed E-state index contributed by atoms with van der Waals surface area (Å²) in [6.45, 7) is 5.72. The van der Waals surface area contributed by atoms with Crippen LogP contribution in [-0.4, -0.2) is 123 Å². The van der Waals surface area contributed by atoms with Crippen LogP contribution in [-0.2, 0) is 55.9 Å². The number of hydrogen-bond acceptors (Lipinski definition) is 12. The highest BCUT2D eigenvalue weighted by Gasteiger charge is 2.59. The maximum atomic E-state index is 13.1. The number of unbranched alkanes of at least 4 members (excludes halogenated alkanes) is 6. The second kappa shape index (κ2) is 21.8. The van der Waals surface area contributed by atoms with Gasteiger partial charge >= 0.3 is 40.7 Å². The fraction of sp³-hybridized carbons (Fsp3) is 0.889. The van der Waals surface area contributed by atoms with E-state index in [1.165, 1.54) is 0 Å². The van der Waals surface area contributed by atoms with Crippen molar-refractivity contribution in [3.8, 4) is 0 Å². The maximum absolute atomic E-state index is 13.1. The van der Waals surface area contributed by atoms with E-state index in [1.807, 2.05) is 20.8 Å². The Morgan fingerprint density at radius 3 is 0.917 bits per heavy atom. The van der Waals surface area contributed by atoms with Crippen LogP contribution in [0.2, 0.25) is 0 Å². The Bertz CT molecular complexity index is 1090. The third-order valence-electron chi connectivity index (χ3n) is 6.98. The first-order valence-electron chi connectivity index (χ1n) is 15.9. The van der Waals surface area contributed by atoms with Crippen molar-refractivity contribution in [2.45, 2.75) is 115 Å². The average Bonchev–Trinajstić information content (AvgIpc) is 2.93. The van der Waals surface area contributed by atoms with Crippen molar-refractivity contribution in [2.75, 3.05) is 38.3 Å². The molecular weight excluding hydrogens is 705 g/mol. The highest BCUT2D eigenvalue weighted by Crippen LogP contribution is 2.54. The number of hydrogen-bond donors (Lipinski definition) is 6. The Morgan fingerprint density at radius 2 is 0.688 bits per heavy atom. The van der Waals surface area contributed by atoms with Crippen molar-refractivity contribution in [1.82, 2.24) is 0 Å². The lowest BCUT2D eigenvalue weighted by Gasteiger charge is -2.50. The van der Waals surface area contributed by atoms with Gasteiger partial charge in [-0.3, -0.25) is 41.6 Å². The molecule has 0 heterocycles. The molecule has 9 atom stereocenters. The topological polar surface area (TPSA) is 279 Å². The van der Waals surface area contributed by atoms with Crippen molar-refractivity contribution >= 4 is 40.7 Å². The molecule has 282 valence electrons. The lowest BCUT2D eigenvalue weighted by atomic mass is 9.84. The van der Waals surface area contributed by atoms with Crippen LogP contribution in [0, 0.1) is 0 Å². The predicted octanol–water partition coefficient (Wildman–Crippen LogP) is 3.69. The van der Waals surface area contributed by atoms with Crippen LogP contribution in [0.1, 0.15) is 78.6 Å². The van der Waals surface area contributed by atoms with Gasteiger partial charge in [0.15, 0.2) is 0 Å². The highest BCUT2D eigenvalue weighted by molar-refractivity contribution is 7.54. The van der Waals surface area contributed by atoms with Crippen LogP contribution in [0.15, 0.2) is 0 Å². The van der Waals surface area contributed by atoms with Gasteiger partial charge in [0.2, 0.25) is 0 Å². The standard InChI is InChI=1S/C27H51O18P3/c1-4-7-10-13-40-22-23(41-14-11-8-5-2)25(43-46(34,35)16-19(28)29)27(45-48(38,39)18-21(32)33)26(24(22)42-15-12-9-6-3)44-47(36,37)17-20(30)31/h22-27H,4-18H2,1-3H3,(H,28,29)(H,30,31)(H,32,33)(H,34,35)(H,36,37)(H,38,39)/t22?,23-,24+,25-,26-,27?/m0/s1. The Labute approximate surface area is 280 Å². The zero-order chi connectivity index (χ0) is 36.5. The van der Waals surface area contributed by atoms with Gasteiger partial charge in [-0.15, -0.1) is 0 Å². The Balaban J connectivity index is 4.01. The smallest absolute Gasteiger partial charge is 0.339 e. The first kappa shape index (κ1) is 44.8. The normalized spacial score (nSPS) is 26.6. The minimum absolute atomic E-state index is 0.0302. The molecule has 0 amide bonds. The summed E-state index contributed by atoms with van der Waals surface area (Å²) in [5, 5.41) is 27.8. The molecule has 0 aromatic rings. The summed E-state index contributed by atoms with van der Waals surface area (Å²) in [5.41, 5.74) is 0. The van der Waals surface area contributed by atoms with E-state index in [1.54, 1.807) is 0 Å². The monoisotopic (exact) mass is 756 g/mol. The molecule has 21 heteroatoms. The molecule has 0 aliphatic heterocycles. The summed E-state index contributed by atoms with van der Waals surface area (Å²) in [7, 11) is -15.6. The van der Waals surface area contributed by atoms with Gasteiger partial charge in [-0.25, -0.2) is 0 Å². The molecule has 18 nitrogen and oxygen atoms in total. The molecule has 0 aromatic carbocycles. The second-order valence-electron chi connectivity index (χ2n) is 11.4. The second-order valence-corrected chi connectivity index (χ2v) is 16.8. The average molecular weight is 757 g/mol. The molecule has 1 saturated carbocycles. The Hall–Kier alpha value is -1.26. The highest BCUT2D eigenvalue weighted by atomic mass is 31.2. The number of aliphatic carboxylic acids is 3. The summed E-state index contributed by atoms with van der Waals surface area (Å²) < 4.78 is 73.7. The zero-order valence-electron chi connectivity index (χ0n) is 27.5. The van der Waals surface area contributed by atoms with Crippen molar-refractivity contribution in [3.05, 3.63) is 0 Å². The lowest BCUT2D eigenvalue weighted by Crippen LogP contribution is -2.67. The van der Waals surface area contributed by atoms with Crippen LogP contribution in [0.25, 0.3) is 0 Å². The van der Waals surface area contributed by atoms with E-state index in [0.29, 0.717) is 38.5 Å². The van der Waals surface area contributed by atoms with E-state index in [-0.39, 0.29) is 19.8 Å². The van der Waals surface area contributed by atoms with E-state index < -0.39 is 95.8 Å². The summed E-state index contributed by atoms with van der Waals surface area (Å²) in [5.74, 6) is -5.31. The Kier molecular flexibility index (Phi) is 20.4. The van der Waals surface area contributed by atoms with Crippen molar-refractivity contribution in [3.63, 3.8) is 0 Å². The van der Waals surface area contributed by atoms with Crippen LogP contribution in [0.4, 0.5) is 0 Å². The van der Waals surface area contributed by atoms with E-state index in [4.69, 9.17) is 27.8 Å². The van der Waals surface area contributed by atoms with Gasteiger partial charge in [0, 0.05) is 19.8 Å². The molecule has 0 saturated heterocycles. The molecular formula is C27H51O18P3. The first-order valence-corrected chi connectivity index (χ1v) is 21.2. The molecule has 1 rings (SSSR count). The summed E-state index contributed by atoms with van der Waals surface area (Å²) in [6.07, 6.45) is -9.48. The molecule has 0 spiro atoms. The van der Waals surface area contributed by atoms with Crippen LogP contribution >= 0.6 is 22.8 Å². The van der Waals surface area contributed by atoms with Crippen molar-refractivity contribution in [2.24, 2.45) is 0 Å². The molecule has 0 aromatic heterocycles. The van der Waals surface area contributed by atoms with Gasteiger partial charge in [-0.2, -0.15) is 0 Å². The maximum Gasteiger partial charge on any atom is 0.339 e. The molecule has 1 aliphatic carbocycles. The van der Waals surface area contributed by atoms with Crippen molar-refractivity contribution in [1.29, 1.82) is 0 Å². The molecule has 6 N–H and O–H groups in total. The summed E-state index contributed by atoms with van der Waals surface area (Å²) in [6, 6.07) is 0. The van der Waals surface area contributed by atoms with E-state index in [9.17, 15) is 58.1 Å². The molecule has 0 radical (unpaired) electrons. The van der Waals surface area contributed by atoms with Gasteiger partial charge in [0.25, 0.3) is 0 Å². The summed E-state index contributed by atoms with van der Waals surface area (Å²) >= 11 is 0. The van der Waals surface area contributed by atoms with E-state index in [2.05, 4.69) is 0 Å². The minimum atomic E-state index is -5.24. The van der Waals surface area contributed by atoms with Crippen LogP contribution in [0.5, 0.6) is 0 Å². The first-order chi connectivity index (χ1) is 22.4. The van der Waals surface area contributed by atoms with Gasteiger partial charge in [0.05, 0.1) is 0 Å². The zero-order valence-corrected chi connectivity index (χ0v) is 30.2. The number of carbonyl (C=O) groups is 3. The molecule has 1 aliphatic rings. The van der Waals surface area contributed by atoms with Gasteiger partial charge in [-0.05, 0) is 19.3 Å². The van der Waals surface area contributed by atoms with Crippen molar-refractivity contribution < 1.29 is 85.9 Å². The SMILES string of the molecule is CCCCCOC1[C@@H](OCCCCC)[C@H](OP(=O)(O)CC(=O)O)C(OP(=O)(O)CC(=O)O)[C@@H](OP(=O)(O)CC(=O)O)[C@H]1OCCCCC. The number of ether oxygens (including phenoxy) is 3. The number of carboxylic acid groups (broad SMARTS) is 3. The number of rotatable bonds is 27. The summed E-state index contributed by atoms with van der Waals surface area (Å²) in [4.78, 5) is 66.0. The lowest BCUT2D eigenvalue weighted by molar-refractivity contribution is -0.245. The largest absolute Gasteiger partial charge is 0.481 e. The van der Waals surface area contributed by atoms with Gasteiger partial charge in [-0.1, -0.05) is 59.3 Å². The molecule has 1 fully saturated rings. The van der Waals surface area contributed by atoms with E-state index >= 15 is 0 Å². The van der Waals surface area contributed by atoms with Gasteiger partial charge in [0.1, 0.15) is 55.1 Å². The molecule has 48 heavy (non-hydrogen) atoms. The van der Waals surface area contributed by atoms with E-state index in [0.717, 1.165) is 19.3 Å². The third-order valence-corrected chi connectivity index (χ3v) is 10.7. The third kappa shape index (κ3) is 17.1. The van der Waals surface area contributed by atoms with Crippen LogP contribution in [0.3, 0.4) is 0 Å². The Morgan fingerprint density at radius 1 is 0.458 bits per heavy atom. The number of carboxylic acids is 3. The quantitative estimate of drug-likeness (QED) is 0.0515. The fourth-order valence-electron chi connectivity index (χ4n) is 4.96. The fourth-order valence-corrected chi connectivity index (χ4v) is 8.07.